The minimum Gasteiger partial charge on any atom is -0.351 e. The van der Waals surface area contributed by atoms with Crippen LogP contribution in [0.1, 0.15) is 6.42 Å². The van der Waals surface area contributed by atoms with Crippen molar-refractivity contribution < 1.29 is 13.2 Å². The molecule has 0 saturated carbocycles. The van der Waals surface area contributed by atoms with E-state index in [2.05, 4.69) is 10.3 Å². The molecular formula is C17H21ClN4O4S. The number of amides is 1. The average Bonchev–Trinajstić information content (AvgIpc) is 3.06. The number of aromatic amines is 1. The van der Waals surface area contributed by atoms with E-state index < -0.39 is 15.6 Å². The third-order valence-corrected chi connectivity index (χ3v) is 6.64. The van der Waals surface area contributed by atoms with Gasteiger partial charge in [-0.25, -0.2) is 8.42 Å². The summed E-state index contributed by atoms with van der Waals surface area (Å²) in [6, 6.07) is 4.25. The maximum Gasteiger partial charge on any atom is 0.255 e. The highest BCUT2D eigenvalue weighted by molar-refractivity contribution is 7.89. The van der Waals surface area contributed by atoms with Gasteiger partial charge in [-0.15, -0.1) is 0 Å². The van der Waals surface area contributed by atoms with E-state index in [9.17, 15) is 18.0 Å². The number of pyridine rings is 1. The molecule has 1 unspecified atom stereocenters. The van der Waals surface area contributed by atoms with E-state index in [1.54, 1.807) is 19.0 Å². The Balaban J connectivity index is 1.88. The van der Waals surface area contributed by atoms with Crippen LogP contribution >= 0.6 is 11.6 Å². The van der Waals surface area contributed by atoms with Crippen molar-refractivity contribution in [2.45, 2.75) is 17.4 Å². The van der Waals surface area contributed by atoms with Crippen LogP contribution in [-0.4, -0.2) is 68.3 Å². The van der Waals surface area contributed by atoms with Crippen molar-refractivity contribution in [2.24, 2.45) is 0 Å². The lowest BCUT2D eigenvalue weighted by Gasteiger charge is -2.19. The van der Waals surface area contributed by atoms with Crippen molar-refractivity contribution in [3.63, 3.8) is 0 Å². The summed E-state index contributed by atoms with van der Waals surface area (Å²) in [4.78, 5) is 28.2. The fourth-order valence-corrected chi connectivity index (χ4v) is 5.27. The molecule has 2 N–H and O–H groups in total. The van der Waals surface area contributed by atoms with Crippen LogP contribution in [-0.2, 0) is 14.8 Å². The van der Waals surface area contributed by atoms with Crippen molar-refractivity contribution in [1.29, 1.82) is 0 Å². The van der Waals surface area contributed by atoms with E-state index >= 15 is 0 Å². The number of carbonyl (C=O) groups is 1. The number of aromatic nitrogens is 1. The maximum atomic E-state index is 13.2. The fourth-order valence-electron chi connectivity index (χ4n) is 3.22. The Morgan fingerprint density at radius 3 is 2.85 bits per heavy atom. The number of benzene rings is 1. The van der Waals surface area contributed by atoms with Gasteiger partial charge >= 0.3 is 0 Å². The van der Waals surface area contributed by atoms with Crippen molar-refractivity contribution in [2.75, 3.05) is 33.7 Å². The van der Waals surface area contributed by atoms with Crippen molar-refractivity contribution in [3.8, 4) is 0 Å². The Morgan fingerprint density at radius 1 is 1.41 bits per heavy atom. The summed E-state index contributed by atoms with van der Waals surface area (Å²) in [7, 11) is -0.285. The maximum absolute atomic E-state index is 13.2. The molecule has 1 aromatic carbocycles. The van der Waals surface area contributed by atoms with E-state index in [-0.39, 0.29) is 52.3 Å². The molecule has 1 aliphatic heterocycles. The molecule has 1 aromatic heterocycles. The first-order valence-electron chi connectivity index (χ1n) is 8.44. The third kappa shape index (κ3) is 4.01. The molecule has 1 amide bonds. The van der Waals surface area contributed by atoms with Crippen LogP contribution in [0.4, 0.5) is 0 Å². The Kier molecular flexibility index (Phi) is 5.57. The van der Waals surface area contributed by atoms with Crippen LogP contribution in [0.3, 0.4) is 0 Å². The number of nitrogens with one attached hydrogen (secondary N) is 2. The highest BCUT2D eigenvalue weighted by Gasteiger charge is 2.34. The number of fused-ring (bicyclic) bond motifs is 1. The van der Waals surface area contributed by atoms with Crippen LogP contribution in [0.5, 0.6) is 0 Å². The predicted molar refractivity (Wildman–Crippen MR) is 103 cm³/mol. The molecular weight excluding hydrogens is 392 g/mol. The molecule has 1 fully saturated rings. The summed E-state index contributed by atoms with van der Waals surface area (Å²) >= 11 is 6.18. The number of hydrogen-bond acceptors (Lipinski definition) is 5. The van der Waals surface area contributed by atoms with E-state index in [0.717, 1.165) is 0 Å². The van der Waals surface area contributed by atoms with Gasteiger partial charge in [0.1, 0.15) is 0 Å². The van der Waals surface area contributed by atoms with Crippen LogP contribution < -0.4 is 10.9 Å². The first kappa shape index (κ1) is 19.8. The second-order valence-electron chi connectivity index (χ2n) is 6.80. The number of carbonyl (C=O) groups excluding carboxylic acids is 1. The summed E-state index contributed by atoms with van der Waals surface area (Å²) in [6.07, 6.45) is 1.82. The zero-order valence-corrected chi connectivity index (χ0v) is 16.6. The molecule has 2 aromatic rings. The summed E-state index contributed by atoms with van der Waals surface area (Å²) in [5.74, 6) is -0.149. The number of hydrogen-bond donors (Lipinski definition) is 2. The minimum atomic E-state index is -3.86. The summed E-state index contributed by atoms with van der Waals surface area (Å²) in [5.41, 5.74) is -0.401. The van der Waals surface area contributed by atoms with E-state index in [1.807, 2.05) is 0 Å². The number of likely N-dealkylation sites (N-methyl/N-ethyl adjacent to an activating group) is 1. The molecule has 146 valence electrons. The van der Waals surface area contributed by atoms with Gasteiger partial charge in [0, 0.05) is 36.1 Å². The van der Waals surface area contributed by atoms with Gasteiger partial charge in [0.2, 0.25) is 15.9 Å². The summed E-state index contributed by atoms with van der Waals surface area (Å²) in [5, 5.41) is 3.45. The Bertz CT molecular complexity index is 1030. The number of halogens is 1. The lowest BCUT2D eigenvalue weighted by molar-refractivity contribution is -0.122. The fraction of sp³-hybridized carbons (Fsp3) is 0.412. The Labute approximate surface area is 162 Å². The van der Waals surface area contributed by atoms with Gasteiger partial charge < -0.3 is 15.2 Å². The van der Waals surface area contributed by atoms with Gasteiger partial charge in [-0.05, 0) is 32.6 Å². The predicted octanol–water partition coefficient (Wildman–Crippen LogP) is 0.622. The zero-order chi connectivity index (χ0) is 19.8. The first-order chi connectivity index (χ1) is 12.7. The SMILES string of the molecule is CN(C)CC(=O)NC1CCN(S(=O)(=O)c2cccc3c(=O)[nH]cc(Cl)c23)C1. The van der Waals surface area contributed by atoms with E-state index in [0.29, 0.717) is 6.42 Å². The van der Waals surface area contributed by atoms with Crippen molar-refractivity contribution in [1.82, 2.24) is 19.5 Å². The van der Waals surface area contributed by atoms with Crippen LogP contribution in [0.15, 0.2) is 34.1 Å². The topological polar surface area (TPSA) is 103 Å². The third-order valence-electron chi connectivity index (χ3n) is 4.43. The highest BCUT2D eigenvalue weighted by Crippen LogP contribution is 2.30. The van der Waals surface area contributed by atoms with Crippen molar-refractivity contribution in [3.05, 3.63) is 39.8 Å². The molecule has 27 heavy (non-hydrogen) atoms. The van der Waals surface area contributed by atoms with E-state index in [4.69, 9.17) is 11.6 Å². The number of H-pyrrole nitrogens is 1. The Hall–Kier alpha value is -1.94. The Morgan fingerprint density at radius 2 is 2.15 bits per heavy atom. The molecule has 0 aliphatic carbocycles. The standard InChI is InChI=1S/C17H21ClN4O4S/c1-21(2)10-15(23)20-11-6-7-22(9-11)27(25,26)14-5-3-4-12-16(14)13(18)8-19-17(12)24/h3-5,8,11H,6-7,9-10H2,1-2H3,(H,19,24)(H,20,23). The largest absolute Gasteiger partial charge is 0.351 e. The second-order valence-corrected chi connectivity index (χ2v) is 9.11. The lowest BCUT2D eigenvalue weighted by atomic mass is 10.2. The van der Waals surface area contributed by atoms with Crippen LogP contribution in [0.2, 0.25) is 5.02 Å². The van der Waals surface area contributed by atoms with Gasteiger partial charge in [0.25, 0.3) is 5.56 Å². The molecule has 8 nitrogen and oxygen atoms in total. The number of rotatable bonds is 5. The molecule has 1 atom stereocenters. The quantitative estimate of drug-likeness (QED) is 0.749. The lowest BCUT2D eigenvalue weighted by Crippen LogP contribution is -2.42. The van der Waals surface area contributed by atoms with Gasteiger partial charge in [-0.2, -0.15) is 4.31 Å². The normalized spacial score (nSPS) is 18.3. The average molecular weight is 413 g/mol. The van der Waals surface area contributed by atoms with Gasteiger partial charge in [0.05, 0.1) is 16.5 Å². The molecule has 3 rings (SSSR count). The molecule has 1 aliphatic rings. The van der Waals surface area contributed by atoms with Gasteiger partial charge in [0.15, 0.2) is 0 Å². The smallest absolute Gasteiger partial charge is 0.255 e. The summed E-state index contributed by atoms with van der Waals surface area (Å²) in [6.45, 7) is 0.704. The highest BCUT2D eigenvalue weighted by atomic mass is 35.5. The van der Waals surface area contributed by atoms with E-state index in [1.165, 1.54) is 28.7 Å². The molecule has 0 radical (unpaired) electrons. The molecule has 0 bridgehead atoms. The summed E-state index contributed by atoms with van der Waals surface area (Å²) < 4.78 is 27.6. The molecule has 10 heteroatoms. The van der Waals surface area contributed by atoms with Crippen molar-refractivity contribution >= 4 is 38.3 Å². The number of nitrogens with zero attached hydrogens (tertiary/aromatic N) is 2. The zero-order valence-electron chi connectivity index (χ0n) is 15.0. The second kappa shape index (κ2) is 7.59. The molecule has 2 heterocycles. The first-order valence-corrected chi connectivity index (χ1v) is 10.3. The van der Waals surface area contributed by atoms with Gasteiger partial charge in [-0.3, -0.25) is 9.59 Å². The minimum absolute atomic E-state index is 0.00336. The molecule has 0 spiro atoms. The van der Waals surface area contributed by atoms with Crippen LogP contribution in [0.25, 0.3) is 10.8 Å². The van der Waals surface area contributed by atoms with Gasteiger partial charge in [-0.1, -0.05) is 17.7 Å². The van der Waals surface area contributed by atoms with Crippen LogP contribution in [0, 0.1) is 0 Å². The number of sulfonamides is 1. The molecule has 1 saturated heterocycles. The monoisotopic (exact) mass is 412 g/mol.